The lowest BCUT2D eigenvalue weighted by atomic mass is 9.99. The Morgan fingerprint density at radius 2 is 1.87 bits per heavy atom. The summed E-state index contributed by atoms with van der Waals surface area (Å²) >= 11 is 0. The average Bonchev–Trinajstić information content (AvgIpc) is 2.55. The molecule has 1 aromatic rings. The fourth-order valence-corrected chi connectivity index (χ4v) is 2.85. The Morgan fingerprint density at radius 3 is 2.39 bits per heavy atom. The molecule has 0 spiro atoms. The van der Waals surface area contributed by atoms with Gasteiger partial charge in [0.15, 0.2) is 6.10 Å². The number of amides is 1. The molecule has 1 fully saturated rings. The molecule has 1 heterocycles. The predicted molar refractivity (Wildman–Crippen MR) is 84.4 cm³/mol. The third-order valence-electron chi connectivity index (χ3n) is 3.93. The minimum absolute atomic E-state index is 0.0527. The van der Waals surface area contributed by atoms with Gasteiger partial charge in [-0.3, -0.25) is 9.80 Å². The van der Waals surface area contributed by atoms with Crippen LogP contribution in [0.3, 0.4) is 0 Å². The van der Waals surface area contributed by atoms with Gasteiger partial charge in [0.25, 0.3) is 0 Å². The van der Waals surface area contributed by atoms with Crippen molar-refractivity contribution in [2.24, 2.45) is 0 Å². The number of hydrogen-bond donors (Lipinski definition) is 3. The molecule has 0 aromatic heterocycles. The van der Waals surface area contributed by atoms with Crippen LogP contribution in [0.15, 0.2) is 30.3 Å². The Morgan fingerprint density at radius 1 is 1.26 bits per heavy atom. The number of piperazine rings is 1. The molecule has 1 aliphatic rings. The van der Waals surface area contributed by atoms with Gasteiger partial charge in [-0.1, -0.05) is 30.3 Å². The minimum atomic E-state index is -1.52. The Kier molecular flexibility index (Phi) is 6.09. The summed E-state index contributed by atoms with van der Waals surface area (Å²) in [6, 6.07) is 8.71. The van der Waals surface area contributed by atoms with E-state index in [0.717, 1.165) is 18.7 Å². The van der Waals surface area contributed by atoms with Gasteiger partial charge in [0.05, 0.1) is 6.04 Å². The Labute approximate surface area is 135 Å². The van der Waals surface area contributed by atoms with E-state index in [-0.39, 0.29) is 12.3 Å². The van der Waals surface area contributed by atoms with Gasteiger partial charge in [-0.05, 0) is 5.56 Å². The standard InChI is InChI=1S/C16H23N3O4/c1-12(20)19(18-9-7-17-8-10-18)14(11-15(21)16(22)23)13-5-3-2-4-6-13/h2-6,14-15,17,21H,7-11H2,1H3,(H,22,23). The fraction of sp³-hybridized carbons (Fsp3) is 0.500. The fourth-order valence-electron chi connectivity index (χ4n) is 2.85. The number of rotatable bonds is 6. The van der Waals surface area contributed by atoms with Gasteiger partial charge in [0, 0.05) is 39.5 Å². The number of hydrogen-bond acceptors (Lipinski definition) is 5. The van der Waals surface area contributed by atoms with Crippen molar-refractivity contribution < 1.29 is 19.8 Å². The zero-order valence-corrected chi connectivity index (χ0v) is 13.2. The van der Waals surface area contributed by atoms with Gasteiger partial charge >= 0.3 is 5.97 Å². The third kappa shape index (κ3) is 4.51. The lowest BCUT2D eigenvalue weighted by Crippen LogP contribution is -2.55. The van der Waals surface area contributed by atoms with Crippen LogP contribution in [-0.2, 0) is 9.59 Å². The number of aliphatic hydroxyl groups is 1. The van der Waals surface area contributed by atoms with Crippen LogP contribution in [0.25, 0.3) is 0 Å². The molecule has 3 N–H and O–H groups in total. The zero-order valence-electron chi connectivity index (χ0n) is 13.2. The number of benzene rings is 1. The number of carbonyl (C=O) groups excluding carboxylic acids is 1. The molecule has 2 rings (SSSR count). The first-order valence-electron chi connectivity index (χ1n) is 7.72. The molecule has 2 unspecified atom stereocenters. The van der Waals surface area contributed by atoms with E-state index in [9.17, 15) is 14.7 Å². The van der Waals surface area contributed by atoms with Gasteiger partial charge < -0.3 is 15.5 Å². The first-order valence-corrected chi connectivity index (χ1v) is 7.72. The van der Waals surface area contributed by atoms with E-state index < -0.39 is 18.1 Å². The van der Waals surface area contributed by atoms with Crippen molar-refractivity contribution >= 4 is 11.9 Å². The van der Waals surface area contributed by atoms with Crippen LogP contribution < -0.4 is 5.32 Å². The SMILES string of the molecule is CC(=O)N(C(CC(O)C(=O)O)c1ccccc1)N1CCNCC1. The van der Waals surface area contributed by atoms with E-state index in [1.54, 1.807) is 5.01 Å². The molecule has 1 aromatic carbocycles. The molecule has 2 atom stereocenters. The number of carbonyl (C=O) groups is 2. The van der Waals surface area contributed by atoms with Crippen molar-refractivity contribution in [3.8, 4) is 0 Å². The lowest BCUT2D eigenvalue weighted by Gasteiger charge is -2.42. The van der Waals surface area contributed by atoms with Crippen LogP contribution in [-0.4, -0.2) is 64.4 Å². The molecule has 126 valence electrons. The Hall–Kier alpha value is -1.96. The predicted octanol–water partition coefficient (Wildman–Crippen LogP) is 0.232. The molecule has 1 amide bonds. The van der Waals surface area contributed by atoms with Crippen molar-refractivity contribution in [2.75, 3.05) is 26.2 Å². The second-order valence-corrected chi connectivity index (χ2v) is 5.58. The zero-order chi connectivity index (χ0) is 16.8. The van der Waals surface area contributed by atoms with Crippen LogP contribution >= 0.6 is 0 Å². The summed E-state index contributed by atoms with van der Waals surface area (Å²) in [4.78, 5) is 23.3. The summed E-state index contributed by atoms with van der Waals surface area (Å²) < 4.78 is 0. The van der Waals surface area contributed by atoms with Gasteiger partial charge in [0.2, 0.25) is 5.91 Å². The van der Waals surface area contributed by atoms with Gasteiger partial charge in [-0.25, -0.2) is 9.80 Å². The van der Waals surface area contributed by atoms with Crippen LogP contribution in [0, 0.1) is 0 Å². The maximum atomic E-state index is 12.2. The molecule has 7 nitrogen and oxygen atoms in total. The smallest absolute Gasteiger partial charge is 0.332 e. The van der Waals surface area contributed by atoms with Crippen LogP contribution in [0.5, 0.6) is 0 Å². The van der Waals surface area contributed by atoms with E-state index in [2.05, 4.69) is 5.32 Å². The van der Waals surface area contributed by atoms with Crippen molar-refractivity contribution in [2.45, 2.75) is 25.5 Å². The second kappa shape index (κ2) is 8.05. The van der Waals surface area contributed by atoms with E-state index in [1.165, 1.54) is 6.92 Å². The van der Waals surface area contributed by atoms with Crippen LogP contribution in [0.2, 0.25) is 0 Å². The van der Waals surface area contributed by atoms with Crippen LogP contribution in [0.4, 0.5) is 0 Å². The highest BCUT2D eigenvalue weighted by Gasteiger charge is 2.32. The van der Waals surface area contributed by atoms with E-state index in [1.807, 2.05) is 35.3 Å². The summed E-state index contributed by atoms with van der Waals surface area (Å²) in [6.45, 7) is 4.29. The summed E-state index contributed by atoms with van der Waals surface area (Å²) in [7, 11) is 0. The number of aliphatic carboxylic acids is 1. The summed E-state index contributed by atoms with van der Waals surface area (Å²) in [5, 5.41) is 25.6. The Bertz CT molecular complexity index is 531. The van der Waals surface area contributed by atoms with Crippen molar-refractivity contribution in [1.29, 1.82) is 0 Å². The normalized spacial score (nSPS) is 18.2. The molecule has 0 saturated carbocycles. The molecular formula is C16H23N3O4. The average molecular weight is 321 g/mol. The van der Waals surface area contributed by atoms with E-state index in [4.69, 9.17) is 5.11 Å². The van der Waals surface area contributed by atoms with Gasteiger partial charge in [0.1, 0.15) is 0 Å². The second-order valence-electron chi connectivity index (χ2n) is 5.58. The van der Waals surface area contributed by atoms with Crippen molar-refractivity contribution in [3.63, 3.8) is 0 Å². The summed E-state index contributed by atoms with van der Waals surface area (Å²) in [5.41, 5.74) is 0.807. The van der Waals surface area contributed by atoms with E-state index >= 15 is 0 Å². The highest BCUT2D eigenvalue weighted by Crippen LogP contribution is 2.28. The highest BCUT2D eigenvalue weighted by molar-refractivity contribution is 5.74. The largest absolute Gasteiger partial charge is 0.479 e. The monoisotopic (exact) mass is 321 g/mol. The number of nitrogens with zero attached hydrogens (tertiary/aromatic N) is 2. The molecule has 7 heteroatoms. The molecule has 1 aliphatic heterocycles. The minimum Gasteiger partial charge on any atom is -0.479 e. The van der Waals surface area contributed by atoms with Crippen molar-refractivity contribution in [3.05, 3.63) is 35.9 Å². The lowest BCUT2D eigenvalue weighted by molar-refractivity contribution is -0.161. The molecule has 23 heavy (non-hydrogen) atoms. The third-order valence-corrected chi connectivity index (χ3v) is 3.93. The van der Waals surface area contributed by atoms with Crippen molar-refractivity contribution in [1.82, 2.24) is 15.3 Å². The first-order chi connectivity index (χ1) is 11.0. The molecule has 0 radical (unpaired) electrons. The van der Waals surface area contributed by atoms with E-state index in [0.29, 0.717) is 13.1 Å². The van der Waals surface area contributed by atoms with Crippen LogP contribution in [0.1, 0.15) is 24.9 Å². The molecule has 0 aliphatic carbocycles. The Balaban J connectivity index is 2.31. The topological polar surface area (TPSA) is 93.1 Å². The quantitative estimate of drug-likeness (QED) is 0.695. The molecular weight excluding hydrogens is 298 g/mol. The number of hydrazine groups is 1. The first kappa shape index (κ1) is 17.4. The number of carboxylic acids is 1. The number of carboxylic acid groups (broad SMARTS) is 1. The molecule has 1 saturated heterocycles. The summed E-state index contributed by atoms with van der Waals surface area (Å²) in [6.07, 6.45) is -1.58. The highest BCUT2D eigenvalue weighted by atomic mass is 16.4. The summed E-state index contributed by atoms with van der Waals surface area (Å²) in [5.74, 6) is -1.45. The molecule has 0 bridgehead atoms. The maximum absolute atomic E-state index is 12.2. The number of nitrogens with one attached hydrogen (secondary N) is 1. The number of aliphatic hydroxyl groups excluding tert-OH is 1. The van der Waals surface area contributed by atoms with Gasteiger partial charge in [-0.15, -0.1) is 0 Å². The maximum Gasteiger partial charge on any atom is 0.332 e. The van der Waals surface area contributed by atoms with Gasteiger partial charge in [-0.2, -0.15) is 0 Å².